The molecule has 3 aromatic rings. The number of rotatable bonds is 4. The lowest BCUT2D eigenvalue weighted by Gasteiger charge is -2.22. The first kappa shape index (κ1) is 15.1. The lowest BCUT2D eigenvalue weighted by molar-refractivity contribution is 0.415. The zero-order valence-corrected chi connectivity index (χ0v) is 13.9. The maximum Gasteiger partial charge on any atom is 0.154 e. The number of nitrogen functional groups attached to an aromatic ring is 1. The van der Waals surface area contributed by atoms with Gasteiger partial charge in [0.1, 0.15) is 17.1 Å². The molecule has 120 valence electrons. The Morgan fingerprint density at radius 2 is 2.09 bits per heavy atom. The molecule has 23 heavy (non-hydrogen) atoms. The van der Waals surface area contributed by atoms with Gasteiger partial charge in [-0.1, -0.05) is 13.0 Å². The third kappa shape index (κ3) is 2.56. The summed E-state index contributed by atoms with van der Waals surface area (Å²) in [4.78, 5) is 10.8. The molecule has 0 bridgehead atoms. The Kier molecular flexibility index (Phi) is 3.82. The number of fused-ring (bicyclic) bond motifs is 1. The van der Waals surface area contributed by atoms with Crippen molar-refractivity contribution in [1.29, 1.82) is 0 Å². The van der Waals surface area contributed by atoms with Gasteiger partial charge in [0.05, 0.1) is 19.0 Å². The van der Waals surface area contributed by atoms with Crippen molar-refractivity contribution < 1.29 is 4.74 Å². The molecule has 0 aliphatic carbocycles. The molecule has 0 amide bonds. The van der Waals surface area contributed by atoms with Gasteiger partial charge in [-0.15, -0.1) is 0 Å². The maximum atomic E-state index is 6.07. The van der Waals surface area contributed by atoms with Crippen LogP contribution >= 0.6 is 0 Å². The van der Waals surface area contributed by atoms with Crippen LogP contribution in [0, 0.1) is 0 Å². The summed E-state index contributed by atoms with van der Waals surface area (Å²) in [6, 6.07) is 8.07. The number of ether oxygens (including phenoxy) is 1. The Labute approximate surface area is 135 Å². The van der Waals surface area contributed by atoms with Crippen LogP contribution in [-0.2, 0) is 13.5 Å². The van der Waals surface area contributed by atoms with Crippen LogP contribution in [0.5, 0.6) is 5.75 Å². The first-order chi connectivity index (χ1) is 11.0. The van der Waals surface area contributed by atoms with Crippen molar-refractivity contribution in [2.75, 3.05) is 24.8 Å². The van der Waals surface area contributed by atoms with Gasteiger partial charge in [0.2, 0.25) is 0 Å². The maximum absolute atomic E-state index is 6.07. The summed E-state index contributed by atoms with van der Waals surface area (Å²) in [5.74, 6) is 2.03. The van der Waals surface area contributed by atoms with Crippen LogP contribution in [0.2, 0.25) is 0 Å². The van der Waals surface area contributed by atoms with Gasteiger partial charge in [-0.25, -0.2) is 9.97 Å². The number of imidazole rings is 1. The van der Waals surface area contributed by atoms with Gasteiger partial charge in [-0.3, -0.25) is 0 Å². The molecule has 0 radical (unpaired) electrons. The molecule has 0 fully saturated rings. The highest BCUT2D eigenvalue weighted by molar-refractivity contribution is 5.88. The van der Waals surface area contributed by atoms with Crippen LogP contribution in [0.25, 0.3) is 11.0 Å². The minimum atomic E-state index is 0.436. The van der Waals surface area contributed by atoms with E-state index in [0.29, 0.717) is 5.82 Å². The average Bonchev–Trinajstić information content (AvgIpc) is 2.95. The summed E-state index contributed by atoms with van der Waals surface area (Å²) < 4.78 is 7.30. The molecule has 2 N–H and O–H groups in total. The number of hydrogen-bond donors (Lipinski definition) is 1. The van der Waals surface area contributed by atoms with Gasteiger partial charge in [0.25, 0.3) is 0 Å². The third-order valence-electron chi connectivity index (χ3n) is 4.10. The quantitative estimate of drug-likeness (QED) is 0.802. The Morgan fingerprint density at radius 3 is 2.78 bits per heavy atom. The fourth-order valence-corrected chi connectivity index (χ4v) is 2.72. The minimum Gasteiger partial charge on any atom is -0.497 e. The largest absolute Gasteiger partial charge is 0.497 e. The number of benzene rings is 1. The van der Waals surface area contributed by atoms with E-state index < -0.39 is 0 Å². The van der Waals surface area contributed by atoms with Crippen LogP contribution in [0.4, 0.5) is 17.3 Å². The predicted molar refractivity (Wildman–Crippen MR) is 93.4 cm³/mol. The Hall–Kier alpha value is -2.76. The van der Waals surface area contributed by atoms with E-state index >= 15 is 0 Å². The van der Waals surface area contributed by atoms with Crippen LogP contribution < -0.4 is 15.4 Å². The van der Waals surface area contributed by atoms with E-state index in [2.05, 4.69) is 23.0 Å². The van der Waals surface area contributed by atoms with E-state index in [9.17, 15) is 0 Å². The molecule has 0 spiro atoms. The number of anilines is 3. The molecule has 0 atom stereocenters. The van der Waals surface area contributed by atoms with Crippen LogP contribution in [-0.4, -0.2) is 28.7 Å². The van der Waals surface area contributed by atoms with Crippen molar-refractivity contribution in [3.8, 4) is 5.75 Å². The second-order valence-electron chi connectivity index (χ2n) is 5.50. The average molecular weight is 311 g/mol. The summed E-state index contributed by atoms with van der Waals surface area (Å²) in [6.45, 7) is 2.13. The Morgan fingerprint density at radius 1 is 1.30 bits per heavy atom. The van der Waals surface area contributed by atoms with Crippen molar-refractivity contribution in [3.05, 3.63) is 36.2 Å². The van der Waals surface area contributed by atoms with Gasteiger partial charge >= 0.3 is 0 Å². The predicted octanol–water partition coefficient (Wildman–Crippen LogP) is 2.89. The molecule has 0 saturated carbocycles. The third-order valence-corrected chi connectivity index (χ3v) is 4.10. The molecule has 2 aromatic heterocycles. The highest BCUT2D eigenvalue weighted by Gasteiger charge is 2.15. The van der Waals surface area contributed by atoms with Crippen molar-refractivity contribution in [2.45, 2.75) is 13.3 Å². The van der Waals surface area contributed by atoms with Gasteiger partial charge < -0.3 is 19.9 Å². The Balaban J connectivity index is 2.13. The van der Waals surface area contributed by atoms with E-state index in [0.717, 1.165) is 34.7 Å². The molecular formula is C17H21N5O. The first-order valence-corrected chi connectivity index (χ1v) is 7.53. The summed E-state index contributed by atoms with van der Waals surface area (Å²) in [5, 5.41) is 0. The molecule has 2 heterocycles. The van der Waals surface area contributed by atoms with E-state index in [1.807, 2.05) is 41.8 Å². The monoisotopic (exact) mass is 311 g/mol. The molecule has 3 rings (SSSR count). The zero-order chi connectivity index (χ0) is 16.6. The topological polar surface area (TPSA) is 69.2 Å². The van der Waals surface area contributed by atoms with E-state index in [1.165, 1.54) is 5.56 Å². The second kappa shape index (κ2) is 5.79. The minimum absolute atomic E-state index is 0.436. The number of aromatic nitrogens is 3. The standard InChI is InChI=1S/C17H21N5O/c1-5-11-6-7-12(23-4)8-13(11)22(3)15-9-14-16(17(18)20-15)19-10-21(14)2/h6-10H,5H2,1-4H3,(H2,18,20). The van der Waals surface area contributed by atoms with Gasteiger partial charge in [0.15, 0.2) is 5.82 Å². The van der Waals surface area contributed by atoms with Gasteiger partial charge in [0, 0.05) is 31.9 Å². The molecule has 6 nitrogen and oxygen atoms in total. The molecule has 0 aliphatic rings. The normalized spacial score (nSPS) is 11.0. The van der Waals surface area contributed by atoms with E-state index in [-0.39, 0.29) is 0 Å². The molecule has 0 saturated heterocycles. The molecular weight excluding hydrogens is 290 g/mol. The van der Waals surface area contributed by atoms with Crippen LogP contribution in [0.1, 0.15) is 12.5 Å². The molecule has 0 unspecified atom stereocenters. The van der Waals surface area contributed by atoms with E-state index in [1.54, 1.807) is 13.4 Å². The lowest BCUT2D eigenvalue weighted by Crippen LogP contribution is -2.14. The fraction of sp³-hybridized carbons (Fsp3) is 0.294. The van der Waals surface area contributed by atoms with Gasteiger partial charge in [-0.2, -0.15) is 0 Å². The number of hydrogen-bond acceptors (Lipinski definition) is 5. The lowest BCUT2D eigenvalue weighted by atomic mass is 10.1. The molecule has 6 heteroatoms. The smallest absolute Gasteiger partial charge is 0.154 e. The number of nitrogens with zero attached hydrogens (tertiary/aromatic N) is 4. The fourth-order valence-electron chi connectivity index (χ4n) is 2.72. The Bertz CT molecular complexity index is 856. The second-order valence-corrected chi connectivity index (χ2v) is 5.50. The summed E-state index contributed by atoms with van der Waals surface area (Å²) in [6.07, 6.45) is 2.67. The van der Waals surface area contributed by atoms with Crippen molar-refractivity contribution in [1.82, 2.24) is 14.5 Å². The summed E-state index contributed by atoms with van der Waals surface area (Å²) in [5.41, 5.74) is 10.0. The number of nitrogens with two attached hydrogens (primary N) is 1. The molecule has 0 aliphatic heterocycles. The number of aryl methyl sites for hydroxylation is 2. The van der Waals surface area contributed by atoms with Crippen LogP contribution in [0.3, 0.4) is 0 Å². The number of methoxy groups -OCH3 is 1. The SMILES string of the molecule is CCc1ccc(OC)cc1N(C)c1cc2c(ncn2C)c(N)n1. The van der Waals surface area contributed by atoms with Gasteiger partial charge in [-0.05, 0) is 18.1 Å². The first-order valence-electron chi connectivity index (χ1n) is 7.53. The number of pyridine rings is 1. The highest BCUT2D eigenvalue weighted by Crippen LogP contribution is 2.32. The summed E-state index contributed by atoms with van der Waals surface area (Å²) >= 11 is 0. The summed E-state index contributed by atoms with van der Waals surface area (Å²) in [7, 11) is 5.60. The van der Waals surface area contributed by atoms with Crippen LogP contribution in [0.15, 0.2) is 30.6 Å². The van der Waals surface area contributed by atoms with Crippen molar-refractivity contribution in [3.63, 3.8) is 0 Å². The van der Waals surface area contributed by atoms with Crippen molar-refractivity contribution in [2.24, 2.45) is 7.05 Å². The zero-order valence-electron chi connectivity index (χ0n) is 13.9. The highest BCUT2D eigenvalue weighted by atomic mass is 16.5. The van der Waals surface area contributed by atoms with E-state index in [4.69, 9.17) is 10.5 Å². The van der Waals surface area contributed by atoms with Crippen molar-refractivity contribution >= 4 is 28.4 Å². The molecule has 1 aromatic carbocycles.